The summed E-state index contributed by atoms with van der Waals surface area (Å²) in [5.41, 5.74) is 3.97. The molecule has 0 unspecified atom stereocenters. The Morgan fingerprint density at radius 3 is 2.52 bits per heavy atom. The van der Waals surface area contributed by atoms with E-state index in [1.54, 1.807) is 24.5 Å². The highest BCUT2D eigenvalue weighted by atomic mass is 35.5. The van der Waals surface area contributed by atoms with Crippen LogP contribution in [0.15, 0.2) is 79.1 Å². The van der Waals surface area contributed by atoms with E-state index in [4.69, 9.17) is 16.6 Å². The lowest BCUT2D eigenvalue weighted by Crippen LogP contribution is -2.23. The zero-order valence-electron chi connectivity index (χ0n) is 14.4. The largest absolute Gasteiger partial charge is 0.348 e. The number of carbonyl (C=O) groups excluding carboxylic acids is 1. The fourth-order valence-corrected chi connectivity index (χ4v) is 3.09. The number of amides is 1. The number of halogens is 1. The minimum Gasteiger partial charge on any atom is -0.348 e. The molecular weight excluding hydrogens is 358 g/mol. The Balaban J connectivity index is 1.75. The summed E-state index contributed by atoms with van der Waals surface area (Å²) in [6.45, 7) is 0.423. The van der Waals surface area contributed by atoms with Crippen molar-refractivity contribution in [3.63, 3.8) is 0 Å². The summed E-state index contributed by atoms with van der Waals surface area (Å²) in [4.78, 5) is 21.6. The maximum Gasteiger partial charge on any atom is 0.252 e. The number of aromatic nitrogens is 2. The van der Waals surface area contributed by atoms with Gasteiger partial charge >= 0.3 is 0 Å². The zero-order chi connectivity index (χ0) is 18.6. The molecule has 0 spiro atoms. The number of fused-ring (bicyclic) bond motifs is 1. The van der Waals surface area contributed by atoms with Crippen molar-refractivity contribution in [2.45, 2.75) is 6.54 Å². The molecule has 5 heteroatoms. The Labute approximate surface area is 161 Å². The van der Waals surface area contributed by atoms with Crippen molar-refractivity contribution in [1.29, 1.82) is 0 Å². The molecule has 1 N–H and O–H groups in total. The summed E-state index contributed by atoms with van der Waals surface area (Å²) < 4.78 is 0. The van der Waals surface area contributed by atoms with Crippen LogP contribution in [0, 0.1) is 0 Å². The van der Waals surface area contributed by atoms with E-state index in [2.05, 4.69) is 10.3 Å². The van der Waals surface area contributed by atoms with Crippen LogP contribution in [0.1, 0.15) is 15.9 Å². The van der Waals surface area contributed by atoms with Gasteiger partial charge < -0.3 is 5.32 Å². The van der Waals surface area contributed by atoms with Gasteiger partial charge in [0.2, 0.25) is 0 Å². The van der Waals surface area contributed by atoms with Crippen LogP contribution in [0.3, 0.4) is 0 Å². The minimum atomic E-state index is -0.168. The molecule has 2 aromatic carbocycles. The Hall–Kier alpha value is -3.24. The Morgan fingerprint density at radius 1 is 0.963 bits per heavy atom. The fourth-order valence-electron chi connectivity index (χ4n) is 2.92. The van der Waals surface area contributed by atoms with Gasteiger partial charge in [-0.25, -0.2) is 4.98 Å². The Kier molecular flexibility index (Phi) is 4.81. The van der Waals surface area contributed by atoms with Gasteiger partial charge in [0.05, 0.1) is 16.8 Å². The van der Waals surface area contributed by atoms with Crippen LogP contribution < -0.4 is 5.32 Å². The maximum absolute atomic E-state index is 12.9. The molecule has 0 fully saturated rings. The molecule has 4 rings (SSSR count). The van der Waals surface area contributed by atoms with Crippen LogP contribution in [0.25, 0.3) is 22.2 Å². The van der Waals surface area contributed by atoms with Crippen molar-refractivity contribution in [2.75, 3.05) is 0 Å². The molecule has 1 amide bonds. The quantitative estimate of drug-likeness (QED) is 0.554. The smallest absolute Gasteiger partial charge is 0.252 e. The van der Waals surface area contributed by atoms with Gasteiger partial charge in [0.15, 0.2) is 0 Å². The second kappa shape index (κ2) is 7.56. The molecule has 2 heterocycles. The van der Waals surface area contributed by atoms with Crippen LogP contribution >= 0.6 is 11.6 Å². The monoisotopic (exact) mass is 373 g/mol. The molecule has 27 heavy (non-hydrogen) atoms. The number of benzene rings is 2. The maximum atomic E-state index is 12.9. The van der Waals surface area contributed by atoms with Crippen molar-refractivity contribution in [3.8, 4) is 11.3 Å². The first-order valence-electron chi connectivity index (χ1n) is 8.53. The molecular formula is C22H16ClN3O. The normalized spacial score (nSPS) is 10.7. The van der Waals surface area contributed by atoms with Gasteiger partial charge in [-0.3, -0.25) is 9.78 Å². The zero-order valence-corrected chi connectivity index (χ0v) is 15.1. The topological polar surface area (TPSA) is 54.9 Å². The number of nitrogens with zero attached hydrogens (tertiary/aromatic N) is 2. The summed E-state index contributed by atoms with van der Waals surface area (Å²) in [5, 5.41) is 4.27. The number of hydrogen-bond acceptors (Lipinski definition) is 3. The third kappa shape index (κ3) is 3.81. The first kappa shape index (κ1) is 17.2. The molecule has 0 saturated carbocycles. The van der Waals surface area contributed by atoms with Crippen LogP contribution in [0.5, 0.6) is 0 Å². The molecule has 4 aromatic rings. The van der Waals surface area contributed by atoms with E-state index in [0.29, 0.717) is 17.1 Å². The van der Waals surface area contributed by atoms with E-state index < -0.39 is 0 Å². The average Bonchev–Trinajstić information content (AvgIpc) is 2.72. The number of nitrogens with one attached hydrogen (secondary N) is 1. The van der Waals surface area contributed by atoms with E-state index in [1.165, 1.54) is 0 Å². The average molecular weight is 374 g/mol. The number of pyridine rings is 2. The van der Waals surface area contributed by atoms with Gasteiger partial charge in [-0.1, -0.05) is 41.9 Å². The number of carbonyl (C=O) groups is 1. The van der Waals surface area contributed by atoms with Gasteiger partial charge in [-0.2, -0.15) is 0 Å². The van der Waals surface area contributed by atoms with Gasteiger partial charge in [0.25, 0.3) is 5.91 Å². The highest BCUT2D eigenvalue weighted by Gasteiger charge is 2.14. The van der Waals surface area contributed by atoms with Crippen LogP contribution in [0.2, 0.25) is 5.02 Å². The lowest BCUT2D eigenvalue weighted by Gasteiger charge is -2.11. The van der Waals surface area contributed by atoms with E-state index in [-0.39, 0.29) is 5.91 Å². The molecule has 0 radical (unpaired) electrons. The van der Waals surface area contributed by atoms with Crippen molar-refractivity contribution < 1.29 is 4.79 Å². The number of rotatable bonds is 4. The van der Waals surface area contributed by atoms with Gasteiger partial charge in [0, 0.05) is 34.9 Å². The van der Waals surface area contributed by atoms with Crippen LogP contribution in [-0.4, -0.2) is 15.9 Å². The van der Waals surface area contributed by atoms with Crippen LogP contribution in [-0.2, 0) is 6.54 Å². The lowest BCUT2D eigenvalue weighted by atomic mass is 10.0. The summed E-state index contributed by atoms with van der Waals surface area (Å²) in [5.74, 6) is -0.168. The second-order valence-electron chi connectivity index (χ2n) is 6.12. The highest BCUT2D eigenvalue weighted by Crippen LogP contribution is 2.27. The van der Waals surface area contributed by atoms with Gasteiger partial charge in [-0.15, -0.1) is 0 Å². The first-order valence-corrected chi connectivity index (χ1v) is 8.91. The molecule has 132 valence electrons. The second-order valence-corrected chi connectivity index (χ2v) is 6.56. The predicted molar refractivity (Wildman–Crippen MR) is 108 cm³/mol. The van der Waals surface area contributed by atoms with Crippen molar-refractivity contribution >= 4 is 28.4 Å². The minimum absolute atomic E-state index is 0.168. The van der Waals surface area contributed by atoms with E-state index in [0.717, 1.165) is 27.7 Å². The molecule has 2 aromatic heterocycles. The third-order valence-electron chi connectivity index (χ3n) is 4.29. The molecule has 0 aliphatic heterocycles. The summed E-state index contributed by atoms with van der Waals surface area (Å²) in [6, 6.07) is 20.8. The standard InChI is InChI=1S/C22H16ClN3O/c23-17-6-7-20-18(12-17)19(13-21(26-20)16-4-2-1-3-5-16)22(27)25-14-15-8-10-24-11-9-15/h1-13H,14H2,(H,25,27). The Bertz CT molecular complexity index is 1100. The molecule has 0 aliphatic rings. The van der Waals surface area contributed by atoms with E-state index >= 15 is 0 Å². The summed E-state index contributed by atoms with van der Waals surface area (Å²) in [6.07, 6.45) is 3.41. The Morgan fingerprint density at radius 2 is 1.74 bits per heavy atom. The summed E-state index contributed by atoms with van der Waals surface area (Å²) >= 11 is 6.16. The van der Waals surface area contributed by atoms with Crippen LogP contribution in [0.4, 0.5) is 0 Å². The molecule has 0 saturated heterocycles. The lowest BCUT2D eigenvalue weighted by molar-refractivity contribution is 0.0952. The summed E-state index contributed by atoms with van der Waals surface area (Å²) in [7, 11) is 0. The van der Waals surface area contributed by atoms with Gasteiger partial charge in [0.1, 0.15) is 0 Å². The van der Waals surface area contributed by atoms with Crippen molar-refractivity contribution in [1.82, 2.24) is 15.3 Å². The SMILES string of the molecule is O=C(NCc1ccncc1)c1cc(-c2ccccc2)nc2ccc(Cl)cc12. The fraction of sp³-hybridized carbons (Fsp3) is 0.0455. The third-order valence-corrected chi connectivity index (χ3v) is 4.52. The van der Waals surface area contributed by atoms with Crippen molar-refractivity contribution in [2.24, 2.45) is 0 Å². The van der Waals surface area contributed by atoms with E-state index in [1.807, 2.05) is 54.6 Å². The van der Waals surface area contributed by atoms with E-state index in [9.17, 15) is 4.79 Å². The molecule has 0 atom stereocenters. The molecule has 4 nitrogen and oxygen atoms in total. The van der Waals surface area contributed by atoms with Gasteiger partial charge in [-0.05, 0) is 42.0 Å². The predicted octanol–water partition coefficient (Wildman–Crippen LogP) is 4.88. The molecule has 0 aliphatic carbocycles. The number of hydrogen-bond donors (Lipinski definition) is 1. The first-order chi connectivity index (χ1) is 13.2. The van der Waals surface area contributed by atoms with Crippen molar-refractivity contribution in [3.05, 3.63) is 95.3 Å². The highest BCUT2D eigenvalue weighted by molar-refractivity contribution is 6.31. The molecule has 0 bridgehead atoms.